The molecule has 2 aromatic carbocycles. The van der Waals surface area contributed by atoms with Gasteiger partial charge in [-0.2, -0.15) is 0 Å². The number of rotatable bonds is 6. The van der Waals surface area contributed by atoms with Crippen LogP contribution < -0.4 is 14.8 Å². The molecule has 0 fully saturated rings. The van der Waals surface area contributed by atoms with E-state index in [9.17, 15) is 13.2 Å². The van der Waals surface area contributed by atoms with Crippen molar-refractivity contribution >= 4 is 21.6 Å². The normalized spacial score (nSPS) is 11.9. The van der Waals surface area contributed by atoms with Crippen LogP contribution in [0, 0.1) is 6.92 Å². The second kappa shape index (κ2) is 8.44. The van der Waals surface area contributed by atoms with E-state index in [0.717, 1.165) is 5.56 Å². The number of aromatic nitrogens is 4. The molecule has 0 aliphatic heterocycles. The molecular formula is C20H24N6O4S. The Bertz CT molecular complexity index is 1200. The summed E-state index contributed by atoms with van der Waals surface area (Å²) in [5.41, 5.74) is 1.50. The van der Waals surface area contributed by atoms with Crippen LogP contribution in [-0.4, -0.2) is 47.2 Å². The Morgan fingerprint density at radius 2 is 1.87 bits per heavy atom. The van der Waals surface area contributed by atoms with Crippen molar-refractivity contribution < 1.29 is 17.9 Å². The van der Waals surface area contributed by atoms with Crippen molar-refractivity contribution in [1.29, 1.82) is 0 Å². The number of carbonyl (C=O) groups is 1. The lowest BCUT2D eigenvalue weighted by molar-refractivity contribution is 0.102. The summed E-state index contributed by atoms with van der Waals surface area (Å²) in [7, 11) is -2.54. The summed E-state index contributed by atoms with van der Waals surface area (Å²) < 4.78 is 34.9. The first-order valence-corrected chi connectivity index (χ1v) is 10.9. The number of amides is 1. The molecule has 0 unspecified atom stereocenters. The number of tetrazole rings is 1. The van der Waals surface area contributed by atoms with Crippen LogP contribution in [0.3, 0.4) is 0 Å². The summed E-state index contributed by atoms with van der Waals surface area (Å²) in [6.45, 7) is 7.03. The van der Waals surface area contributed by atoms with Crippen molar-refractivity contribution in [1.82, 2.24) is 24.9 Å². The topological polar surface area (TPSA) is 128 Å². The maximum Gasteiger partial charge on any atom is 0.255 e. The van der Waals surface area contributed by atoms with Crippen molar-refractivity contribution in [2.24, 2.45) is 0 Å². The third-order valence-corrected chi connectivity index (χ3v) is 6.02. The van der Waals surface area contributed by atoms with E-state index in [2.05, 4.69) is 25.6 Å². The first-order valence-electron chi connectivity index (χ1n) is 9.37. The van der Waals surface area contributed by atoms with Gasteiger partial charge in [0.25, 0.3) is 5.91 Å². The lowest BCUT2D eigenvalue weighted by Gasteiger charge is -2.21. The van der Waals surface area contributed by atoms with Gasteiger partial charge in [0.1, 0.15) is 17.0 Å². The molecule has 0 saturated heterocycles. The maximum atomic E-state index is 12.9. The Kier molecular flexibility index (Phi) is 6.09. The minimum atomic E-state index is -3.91. The average Bonchev–Trinajstić information content (AvgIpc) is 3.22. The van der Waals surface area contributed by atoms with Crippen LogP contribution in [0.25, 0.3) is 5.69 Å². The number of nitrogens with zero attached hydrogens (tertiary/aromatic N) is 4. The maximum absolute atomic E-state index is 12.9. The number of benzene rings is 2. The smallest absolute Gasteiger partial charge is 0.255 e. The van der Waals surface area contributed by atoms with E-state index >= 15 is 0 Å². The predicted octanol–water partition coefficient (Wildman–Crippen LogP) is 2.31. The number of methoxy groups -OCH3 is 1. The van der Waals surface area contributed by atoms with Gasteiger partial charge < -0.3 is 10.1 Å². The molecule has 1 heterocycles. The van der Waals surface area contributed by atoms with E-state index in [1.807, 2.05) is 19.1 Å². The number of anilines is 1. The van der Waals surface area contributed by atoms with Crippen LogP contribution in [0.4, 0.5) is 5.69 Å². The van der Waals surface area contributed by atoms with Crippen molar-refractivity contribution in [3.63, 3.8) is 0 Å². The summed E-state index contributed by atoms with van der Waals surface area (Å²) in [6, 6.07) is 9.62. The van der Waals surface area contributed by atoms with Crippen LogP contribution >= 0.6 is 0 Å². The van der Waals surface area contributed by atoms with Gasteiger partial charge in [-0.15, -0.1) is 5.10 Å². The molecule has 0 saturated carbocycles. The van der Waals surface area contributed by atoms with Gasteiger partial charge in [0.05, 0.1) is 12.8 Å². The molecule has 3 rings (SSSR count). The molecule has 31 heavy (non-hydrogen) atoms. The first kappa shape index (κ1) is 22.4. The molecule has 3 aromatic rings. The summed E-state index contributed by atoms with van der Waals surface area (Å²) in [6.07, 6.45) is 1.44. The quantitative estimate of drug-likeness (QED) is 0.597. The van der Waals surface area contributed by atoms with E-state index in [0.29, 0.717) is 11.4 Å². The molecule has 1 aromatic heterocycles. The lowest BCUT2D eigenvalue weighted by Crippen LogP contribution is -2.40. The summed E-state index contributed by atoms with van der Waals surface area (Å²) in [5.74, 6) is -0.322. The molecule has 0 aliphatic rings. The first-order chi connectivity index (χ1) is 14.5. The fourth-order valence-electron chi connectivity index (χ4n) is 2.85. The zero-order valence-electron chi connectivity index (χ0n) is 17.9. The Labute approximate surface area is 180 Å². The molecule has 2 N–H and O–H groups in total. The van der Waals surface area contributed by atoms with Gasteiger partial charge >= 0.3 is 0 Å². The Hall–Kier alpha value is -3.31. The zero-order valence-corrected chi connectivity index (χ0v) is 18.7. The summed E-state index contributed by atoms with van der Waals surface area (Å²) in [4.78, 5) is 12.8. The Morgan fingerprint density at radius 1 is 1.13 bits per heavy atom. The van der Waals surface area contributed by atoms with E-state index in [1.54, 1.807) is 26.8 Å². The van der Waals surface area contributed by atoms with Gasteiger partial charge in [-0.3, -0.25) is 4.79 Å². The lowest BCUT2D eigenvalue weighted by atomic mass is 10.1. The SMILES string of the molecule is COc1ccc(C(=O)Nc2cc(-n3cnnn3)ccc2C)cc1S(=O)(=O)NC(C)(C)C. The van der Waals surface area contributed by atoms with Crippen LogP contribution in [0.5, 0.6) is 5.75 Å². The van der Waals surface area contributed by atoms with Crippen LogP contribution in [0.1, 0.15) is 36.7 Å². The molecule has 0 bridgehead atoms. The Balaban J connectivity index is 1.94. The number of sulfonamides is 1. The van der Waals surface area contributed by atoms with E-state index in [1.165, 1.54) is 36.3 Å². The second-order valence-electron chi connectivity index (χ2n) is 7.93. The molecule has 0 aliphatic carbocycles. The summed E-state index contributed by atoms with van der Waals surface area (Å²) >= 11 is 0. The molecule has 1 amide bonds. The van der Waals surface area contributed by atoms with Crippen LogP contribution in [-0.2, 0) is 10.0 Å². The number of hydrogen-bond donors (Lipinski definition) is 2. The number of ether oxygens (including phenoxy) is 1. The molecule has 0 spiro atoms. The summed E-state index contributed by atoms with van der Waals surface area (Å²) in [5, 5.41) is 13.9. The van der Waals surface area contributed by atoms with Gasteiger partial charge in [0, 0.05) is 16.8 Å². The highest BCUT2D eigenvalue weighted by molar-refractivity contribution is 7.89. The van der Waals surface area contributed by atoms with Gasteiger partial charge in [-0.25, -0.2) is 17.8 Å². The van der Waals surface area contributed by atoms with Crippen molar-refractivity contribution in [3.05, 3.63) is 53.9 Å². The number of nitrogens with one attached hydrogen (secondary N) is 2. The van der Waals surface area contributed by atoms with E-state index in [4.69, 9.17) is 4.74 Å². The van der Waals surface area contributed by atoms with E-state index < -0.39 is 21.5 Å². The van der Waals surface area contributed by atoms with Crippen molar-refractivity contribution in [2.75, 3.05) is 12.4 Å². The molecule has 164 valence electrons. The molecule has 0 radical (unpaired) electrons. The van der Waals surface area contributed by atoms with Gasteiger partial charge in [-0.05, 0) is 74.0 Å². The minimum absolute atomic E-state index is 0.114. The molecular weight excluding hydrogens is 420 g/mol. The van der Waals surface area contributed by atoms with Crippen molar-refractivity contribution in [3.8, 4) is 11.4 Å². The van der Waals surface area contributed by atoms with Gasteiger partial charge in [-0.1, -0.05) is 6.07 Å². The monoisotopic (exact) mass is 444 g/mol. The van der Waals surface area contributed by atoms with E-state index in [-0.39, 0.29) is 16.2 Å². The highest BCUT2D eigenvalue weighted by Crippen LogP contribution is 2.27. The molecule has 0 atom stereocenters. The van der Waals surface area contributed by atoms with Crippen LogP contribution in [0.2, 0.25) is 0 Å². The fraction of sp³-hybridized carbons (Fsp3) is 0.300. The highest BCUT2D eigenvalue weighted by atomic mass is 32.2. The molecule has 11 heteroatoms. The third kappa shape index (κ3) is 5.25. The second-order valence-corrected chi connectivity index (χ2v) is 9.58. The van der Waals surface area contributed by atoms with Gasteiger partial charge in [0.2, 0.25) is 10.0 Å². The van der Waals surface area contributed by atoms with Crippen molar-refractivity contribution in [2.45, 2.75) is 38.1 Å². The number of aryl methyl sites for hydroxylation is 1. The average molecular weight is 445 g/mol. The minimum Gasteiger partial charge on any atom is -0.495 e. The fourth-order valence-corrected chi connectivity index (χ4v) is 4.46. The molecule has 10 nitrogen and oxygen atoms in total. The Morgan fingerprint density at radius 3 is 2.48 bits per heavy atom. The highest BCUT2D eigenvalue weighted by Gasteiger charge is 2.26. The number of carbonyl (C=O) groups excluding carboxylic acids is 1. The van der Waals surface area contributed by atoms with Crippen LogP contribution in [0.15, 0.2) is 47.6 Å². The predicted molar refractivity (Wildman–Crippen MR) is 115 cm³/mol. The number of hydrogen-bond acceptors (Lipinski definition) is 7. The third-order valence-electron chi connectivity index (χ3n) is 4.24. The zero-order chi connectivity index (χ0) is 22.8. The van der Waals surface area contributed by atoms with Gasteiger partial charge in [0.15, 0.2) is 0 Å². The largest absolute Gasteiger partial charge is 0.495 e. The standard InChI is InChI=1S/C20H24N6O4S/c1-13-6-8-15(26-12-21-24-25-26)11-16(13)22-19(27)14-7-9-17(30-5)18(10-14)31(28,29)23-20(2,3)4/h6-12,23H,1-5H3,(H,22,27).